The highest BCUT2D eigenvalue weighted by Gasteiger charge is 2.14. The average molecular weight is 290 g/mol. The monoisotopic (exact) mass is 290 g/mol. The van der Waals surface area contributed by atoms with E-state index in [0.717, 1.165) is 11.6 Å². The van der Waals surface area contributed by atoms with Crippen molar-refractivity contribution in [3.05, 3.63) is 65.2 Å². The molecule has 0 aliphatic carbocycles. The molecule has 1 unspecified atom stereocenters. The van der Waals surface area contributed by atoms with Gasteiger partial charge in [0.15, 0.2) is 0 Å². The Morgan fingerprint density at radius 2 is 1.86 bits per heavy atom. The van der Waals surface area contributed by atoms with E-state index in [0.29, 0.717) is 12.6 Å². The lowest BCUT2D eigenvalue weighted by Crippen LogP contribution is -2.16. The number of primary amides is 1. The highest BCUT2D eigenvalue weighted by atomic mass is 19.1. The number of nitrogens with one attached hydrogen (secondary N) is 1. The van der Waals surface area contributed by atoms with Crippen LogP contribution >= 0.6 is 0 Å². The Morgan fingerprint density at radius 3 is 2.48 bits per heavy atom. The molecule has 21 heavy (non-hydrogen) atoms. The number of rotatable bonds is 5. The molecule has 3 nitrogen and oxygen atoms in total. The summed E-state index contributed by atoms with van der Waals surface area (Å²) >= 11 is 0. The van der Waals surface area contributed by atoms with Crippen LogP contribution in [0.3, 0.4) is 0 Å². The maximum Gasteiger partial charge on any atom is 0.251 e. The van der Waals surface area contributed by atoms with E-state index in [-0.39, 0.29) is 17.2 Å². The largest absolute Gasteiger partial charge is 0.382 e. The summed E-state index contributed by atoms with van der Waals surface area (Å²) in [6.07, 6.45) is 0. The third kappa shape index (κ3) is 3.56. The number of hydrogen-bond donors (Lipinski definition) is 2. The smallest absolute Gasteiger partial charge is 0.251 e. The molecular weight excluding hydrogens is 274 g/mol. The van der Waals surface area contributed by atoms with Gasteiger partial charge in [-0.1, -0.05) is 37.3 Å². The van der Waals surface area contributed by atoms with Crippen LogP contribution in [-0.4, -0.2) is 12.5 Å². The highest BCUT2D eigenvalue weighted by Crippen LogP contribution is 2.21. The summed E-state index contributed by atoms with van der Waals surface area (Å²) in [5, 5.41) is 2.88. The average Bonchev–Trinajstić information content (AvgIpc) is 2.46. The van der Waals surface area contributed by atoms with Crippen LogP contribution in [0.2, 0.25) is 0 Å². The molecule has 1 amide bonds. The third-order valence-electron chi connectivity index (χ3n) is 3.29. The third-order valence-corrected chi connectivity index (χ3v) is 3.29. The van der Waals surface area contributed by atoms with Gasteiger partial charge < -0.3 is 11.1 Å². The van der Waals surface area contributed by atoms with Gasteiger partial charge in [0.2, 0.25) is 0 Å². The van der Waals surface area contributed by atoms with Gasteiger partial charge in [-0.25, -0.2) is 8.78 Å². The van der Waals surface area contributed by atoms with E-state index in [4.69, 9.17) is 5.73 Å². The molecule has 5 heteroatoms. The molecule has 110 valence electrons. The van der Waals surface area contributed by atoms with Gasteiger partial charge >= 0.3 is 0 Å². The molecule has 3 N–H and O–H groups in total. The maximum atomic E-state index is 13.7. The van der Waals surface area contributed by atoms with E-state index in [2.05, 4.69) is 5.32 Å². The van der Waals surface area contributed by atoms with Crippen LogP contribution < -0.4 is 11.1 Å². The summed E-state index contributed by atoms with van der Waals surface area (Å²) in [7, 11) is 0. The molecule has 1 atom stereocenters. The highest BCUT2D eigenvalue weighted by molar-refractivity contribution is 5.94. The zero-order valence-corrected chi connectivity index (χ0v) is 11.6. The number of halogens is 2. The zero-order chi connectivity index (χ0) is 15.4. The van der Waals surface area contributed by atoms with Gasteiger partial charge in [-0.05, 0) is 17.5 Å². The Balaban J connectivity index is 2.13. The first-order valence-corrected chi connectivity index (χ1v) is 6.56. The summed E-state index contributed by atoms with van der Waals surface area (Å²) in [5.74, 6) is -2.50. The van der Waals surface area contributed by atoms with Gasteiger partial charge in [-0.15, -0.1) is 0 Å². The van der Waals surface area contributed by atoms with Gasteiger partial charge in [0.05, 0.1) is 11.3 Å². The number of amides is 1. The minimum absolute atomic E-state index is 0.0629. The second-order valence-corrected chi connectivity index (χ2v) is 4.87. The first kappa shape index (κ1) is 15.0. The number of nitrogens with two attached hydrogens (primary N) is 1. The Morgan fingerprint density at radius 1 is 1.19 bits per heavy atom. The van der Waals surface area contributed by atoms with E-state index in [1.807, 2.05) is 37.3 Å². The van der Waals surface area contributed by atoms with Gasteiger partial charge in [-0.3, -0.25) is 4.79 Å². The molecule has 0 aromatic heterocycles. The fourth-order valence-electron chi connectivity index (χ4n) is 2.04. The summed E-state index contributed by atoms with van der Waals surface area (Å²) in [6, 6.07) is 11.5. The van der Waals surface area contributed by atoms with Crippen LogP contribution in [0.25, 0.3) is 0 Å². The molecule has 0 aliphatic heterocycles. The number of benzene rings is 2. The number of carbonyl (C=O) groups excluding carboxylic acids is 1. The fourth-order valence-corrected chi connectivity index (χ4v) is 2.04. The van der Waals surface area contributed by atoms with Crippen molar-refractivity contribution >= 4 is 11.6 Å². The summed E-state index contributed by atoms with van der Waals surface area (Å²) in [6.45, 7) is 2.43. The molecule has 0 fully saturated rings. The van der Waals surface area contributed by atoms with Crippen LogP contribution in [0.15, 0.2) is 42.5 Å². The Labute approximate surface area is 121 Å². The molecule has 0 heterocycles. The van der Waals surface area contributed by atoms with Crippen molar-refractivity contribution in [1.29, 1.82) is 0 Å². The standard InChI is InChI=1S/C16H16F2N2O/c1-10(11-5-3-2-4-6-11)9-20-15-7-12(16(19)21)13(17)8-14(15)18/h2-8,10,20H,9H2,1H3,(H2,19,21). The molecule has 0 saturated carbocycles. The van der Waals surface area contributed by atoms with Crippen molar-refractivity contribution in [3.63, 3.8) is 0 Å². The van der Waals surface area contributed by atoms with Crippen molar-refractivity contribution in [3.8, 4) is 0 Å². The molecule has 0 aliphatic rings. The fraction of sp³-hybridized carbons (Fsp3) is 0.188. The van der Waals surface area contributed by atoms with Crippen LogP contribution in [0, 0.1) is 11.6 Å². The molecule has 0 saturated heterocycles. The molecule has 2 aromatic carbocycles. The Bertz CT molecular complexity index is 644. The predicted octanol–water partition coefficient (Wildman–Crippen LogP) is 3.28. The summed E-state index contributed by atoms with van der Waals surface area (Å²) in [4.78, 5) is 11.1. The van der Waals surface area contributed by atoms with E-state index in [9.17, 15) is 13.6 Å². The molecule has 2 rings (SSSR count). The maximum absolute atomic E-state index is 13.7. The minimum atomic E-state index is -0.957. The van der Waals surface area contributed by atoms with E-state index < -0.39 is 17.5 Å². The number of anilines is 1. The van der Waals surface area contributed by atoms with E-state index >= 15 is 0 Å². The zero-order valence-electron chi connectivity index (χ0n) is 11.6. The first-order chi connectivity index (χ1) is 9.99. The normalized spacial score (nSPS) is 12.0. The quantitative estimate of drug-likeness (QED) is 0.888. The second-order valence-electron chi connectivity index (χ2n) is 4.87. The van der Waals surface area contributed by atoms with Crippen LogP contribution in [0.4, 0.5) is 14.5 Å². The van der Waals surface area contributed by atoms with Gasteiger partial charge in [0.1, 0.15) is 11.6 Å². The van der Waals surface area contributed by atoms with Crippen LogP contribution in [0.5, 0.6) is 0 Å². The lowest BCUT2D eigenvalue weighted by Gasteiger charge is -2.15. The molecule has 0 bridgehead atoms. The molecule has 0 radical (unpaired) electrons. The van der Waals surface area contributed by atoms with Gasteiger partial charge in [-0.2, -0.15) is 0 Å². The number of carbonyl (C=O) groups is 1. The van der Waals surface area contributed by atoms with Crippen LogP contribution in [-0.2, 0) is 0 Å². The summed E-state index contributed by atoms with van der Waals surface area (Å²) < 4.78 is 27.1. The van der Waals surface area contributed by atoms with Crippen molar-refractivity contribution in [2.75, 3.05) is 11.9 Å². The van der Waals surface area contributed by atoms with Crippen molar-refractivity contribution in [1.82, 2.24) is 0 Å². The minimum Gasteiger partial charge on any atom is -0.382 e. The van der Waals surface area contributed by atoms with E-state index in [1.54, 1.807) is 0 Å². The number of hydrogen-bond acceptors (Lipinski definition) is 2. The SMILES string of the molecule is CC(CNc1cc(C(N)=O)c(F)cc1F)c1ccccc1. The molecule has 2 aromatic rings. The Hall–Kier alpha value is -2.43. The lowest BCUT2D eigenvalue weighted by atomic mass is 10.0. The van der Waals surface area contributed by atoms with Crippen molar-refractivity contribution in [2.24, 2.45) is 5.73 Å². The summed E-state index contributed by atoms with van der Waals surface area (Å²) in [5.41, 5.74) is 5.89. The van der Waals surface area contributed by atoms with Gasteiger partial charge in [0.25, 0.3) is 5.91 Å². The van der Waals surface area contributed by atoms with Gasteiger partial charge in [0, 0.05) is 12.6 Å². The van der Waals surface area contributed by atoms with Crippen LogP contribution in [0.1, 0.15) is 28.8 Å². The van der Waals surface area contributed by atoms with E-state index in [1.165, 1.54) is 0 Å². The second kappa shape index (κ2) is 6.35. The van der Waals surface area contributed by atoms with Crippen molar-refractivity contribution < 1.29 is 13.6 Å². The van der Waals surface area contributed by atoms with Crippen molar-refractivity contribution in [2.45, 2.75) is 12.8 Å². The lowest BCUT2D eigenvalue weighted by molar-refractivity contribution is 0.0996. The first-order valence-electron chi connectivity index (χ1n) is 6.56. The topological polar surface area (TPSA) is 55.1 Å². The predicted molar refractivity (Wildman–Crippen MR) is 78.2 cm³/mol. The molecule has 0 spiro atoms. The molecular formula is C16H16F2N2O. The Kier molecular flexibility index (Phi) is 4.52.